The fraction of sp³-hybridized carbons (Fsp3) is 0.310. The van der Waals surface area contributed by atoms with E-state index >= 15 is 0 Å². The first-order valence-electron chi connectivity index (χ1n) is 13.7. The van der Waals surface area contributed by atoms with Crippen LogP contribution in [0.2, 0.25) is 0 Å². The van der Waals surface area contributed by atoms with E-state index in [1.165, 1.54) is 10.9 Å². The molecular formula is C29H27F3N6O7. The molecule has 2 unspecified atom stereocenters. The fourth-order valence-electron chi connectivity index (χ4n) is 4.79. The molecule has 0 saturated carbocycles. The molecule has 5 rings (SSSR count). The van der Waals surface area contributed by atoms with Crippen LogP contribution in [-0.2, 0) is 14.3 Å². The summed E-state index contributed by atoms with van der Waals surface area (Å²) in [7, 11) is 0. The van der Waals surface area contributed by atoms with Crippen LogP contribution >= 0.6 is 0 Å². The molecule has 1 saturated heterocycles. The number of benzene rings is 2. The van der Waals surface area contributed by atoms with E-state index in [9.17, 15) is 37.8 Å². The van der Waals surface area contributed by atoms with Crippen LogP contribution in [0.1, 0.15) is 33.4 Å². The summed E-state index contributed by atoms with van der Waals surface area (Å²) in [5.41, 5.74) is 0.549. The molecule has 1 fully saturated rings. The average Bonchev–Trinajstić information content (AvgIpc) is 3.61. The predicted molar refractivity (Wildman–Crippen MR) is 150 cm³/mol. The van der Waals surface area contributed by atoms with Crippen molar-refractivity contribution in [3.05, 3.63) is 84.4 Å². The van der Waals surface area contributed by atoms with Gasteiger partial charge in [-0.2, -0.15) is 13.2 Å². The SMILES string of the molecule is O=C(c1ccccc1)N(C(=O)c1ccccc1)c1ncnc2c1ncn2[C@@H]1O[C@H](CO)C(OCCCNC(=O)C(F)(F)F)C1O. The predicted octanol–water partition coefficient (Wildman–Crippen LogP) is 2.02. The fourth-order valence-corrected chi connectivity index (χ4v) is 4.79. The second-order valence-corrected chi connectivity index (χ2v) is 9.88. The molecule has 0 aliphatic carbocycles. The van der Waals surface area contributed by atoms with Gasteiger partial charge in [0.15, 0.2) is 23.2 Å². The van der Waals surface area contributed by atoms with Crippen LogP contribution in [-0.4, -0.2) is 91.7 Å². The summed E-state index contributed by atoms with van der Waals surface area (Å²) >= 11 is 0. The molecule has 1 aliphatic rings. The first-order chi connectivity index (χ1) is 21.6. The zero-order valence-corrected chi connectivity index (χ0v) is 23.4. The van der Waals surface area contributed by atoms with Crippen LogP contribution in [0.25, 0.3) is 11.2 Å². The normalized spacial score (nSPS) is 19.8. The van der Waals surface area contributed by atoms with Crippen LogP contribution in [0, 0.1) is 0 Å². The number of aromatic nitrogens is 4. The number of nitrogens with one attached hydrogen (secondary N) is 1. The molecule has 0 radical (unpaired) electrons. The van der Waals surface area contributed by atoms with Crippen molar-refractivity contribution in [2.24, 2.45) is 0 Å². The van der Waals surface area contributed by atoms with E-state index in [1.54, 1.807) is 66.0 Å². The maximum Gasteiger partial charge on any atom is 0.471 e. The lowest BCUT2D eigenvalue weighted by molar-refractivity contribution is -0.173. The van der Waals surface area contributed by atoms with Crippen LogP contribution in [0.15, 0.2) is 73.3 Å². The molecule has 3 heterocycles. The highest BCUT2D eigenvalue weighted by atomic mass is 19.4. The van der Waals surface area contributed by atoms with E-state index in [-0.39, 0.29) is 47.7 Å². The zero-order valence-electron chi connectivity index (χ0n) is 23.4. The summed E-state index contributed by atoms with van der Waals surface area (Å²) in [4.78, 5) is 52.1. The van der Waals surface area contributed by atoms with E-state index in [0.717, 1.165) is 11.2 Å². The minimum absolute atomic E-state index is 0.0147. The highest BCUT2D eigenvalue weighted by Gasteiger charge is 2.46. The number of aliphatic hydroxyl groups is 2. The van der Waals surface area contributed by atoms with Gasteiger partial charge in [0.25, 0.3) is 11.8 Å². The zero-order chi connectivity index (χ0) is 32.1. The van der Waals surface area contributed by atoms with Crippen LogP contribution in [0.5, 0.6) is 0 Å². The second-order valence-electron chi connectivity index (χ2n) is 9.88. The number of nitrogens with zero attached hydrogens (tertiary/aromatic N) is 5. The summed E-state index contributed by atoms with van der Waals surface area (Å²) in [5.74, 6) is -3.54. The number of amides is 3. The quantitative estimate of drug-likeness (QED) is 0.175. The Morgan fingerprint density at radius 2 is 1.60 bits per heavy atom. The molecule has 4 aromatic rings. The van der Waals surface area contributed by atoms with Crippen molar-refractivity contribution in [2.45, 2.75) is 37.1 Å². The van der Waals surface area contributed by atoms with Crippen molar-refractivity contribution in [3.8, 4) is 0 Å². The summed E-state index contributed by atoms with van der Waals surface area (Å²) < 4.78 is 49.9. The number of carbonyl (C=O) groups excluding carboxylic acids is 3. The molecule has 2 aromatic carbocycles. The van der Waals surface area contributed by atoms with E-state index in [4.69, 9.17) is 9.47 Å². The van der Waals surface area contributed by atoms with Gasteiger partial charge in [-0.3, -0.25) is 19.0 Å². The van der Waals surface area contributed by atoms with Gasteiger partial charge < -0.3 is 25.0 Å². The molecule has 3 N–H and O–H groups in total. The summed E-state index contributed by atoms with van der Waals surface area (Å²) in [6.45, 7) is -1.07. The summed E-state index contributed by atoms with van der Waals surface area (Å²) in [6.07, 6.45) is -7.39. The lowest BCUT2D eigenvalue weighted by Gasteiger charge is -2.21. The lowest BCUT2D eigenvalue weighted by atomic mass is 10.1. The van der Waals surface area contributed by atoms with Crippen molar-refractivity contribution < 1.29 is 47.2 Å². The largest absolute Gasteiger partial charge is 0.471 e. The Morgan fingerprint density at radius 1 is 0.978 bits per heavy atom. The first-order valence-corrected chi connectivity index (χ1v) is 13.7. The van der Waals surface area contributed by atoms with Crippen molar-refractivity contribution >= 4 is 34.7 Å². The number of fused-ring (bicyclic) bond motifs is 1. The van der Waals surface area contributed by atoms with E-state index in [1.807, 2.05) is 0 Å². The minimum atomic E-state index is -5.01. The van der Waals surface area contributed by atoms with Crippen LogP contribution in [0.4, 0.5) is 19.0 Å². The van der Waals surface area contributed by atoms with Gasteiger partial charge in [-0.15, -0.1) is 0 Å². The number of alkyl halides is 3. The van der Waals surface area contributed by atoms with Crippen molar-refractivity contribution in [2.75, 3.05) is 24.7 Å². The number of hydrogen-bond donors (Lipinski definition) is 3. The Kier molecular flexibility index (Phi) is 9.48. The number of ether oxygens (including phenoxy) is 2. The molecule has 4 atom stereocenters. The number of halogens is 3. The maximum absolute atomic E-state index is 13.7. The lowest BCUT2D eigenvalue weighted by Crippen LogP contribution is -2.39. The smallest absolute Gasteiger partial charge is 0.394 e. The number of imidazole rings is 1. The maximum atomic E-state index is 13.7. The summed E-state index contributed by atoms with van der Waals surface area (Å²) in [5, 5.41) is 22.7. The van der Waals surface area contributed by atoms with Crippen molar-refractivity contribution in [1.82, 2.24) is 24.8 Å². The van der Waals surface area contributed by atoms with Gasteiger partial charge in [0.05, 0.1) is 12.9 Å². The molecule has 1 aliphatic heterocycles. The third-order valence-electron chi connectivity index (χ3n) is 6.94. The van der Waals surface area contributed by atoms with Crippen molar-refractivity contribution in [1.29, 1.82) is 0 Å². The van der Waals surface area contributed by atoms with Gasteiger partial charge in [-0.1, -0.05) is 36.4 Å². The number of carbonyl (C=O) groups is 3. The molecule has 2 aromatic heterocycles. The van der Waals surface area contributed by atoms with Crippen LogP contribution < -0.4 is 10.2 Å². The van der Waals surface area contributed by atoms with Gasteiger partial charge in [0.1, 0.15) is 24.6 Å². The Morgan fingerprint density at radius 3 is 2.18 bits per heavy atom. The molecule has 45 heavy (non-hydrogen) atoms. The van der Waals surface area contributed by atoms with E-state index in [0.29, 0.717) is 0 Å². The topological polar surface area (TPSA) is 169 Å². The first kappa shape index (κ1) is 31.6. The van der Waals surface area contributed by atoms with Gasteiger partial charge in [-0.25, -0.2) is 19.9 Å². The second kappa shape index (κ2) is 13.5. The number of rotatable bonds is 10. The molecule has 3 amide bonds. The summed E-state index contributed by atoms with van der Waals surface area (Å²) in [6, 6.07) is 16.2. The minimum Gasteiger partial charge on any atom is -0.394 e. The standard InChI is InChI=1S/C29H27F3N6O7/c30-29(31,32)28(43)33-12-7-13-44-22-19(14-39)45-27(21(22)40)37-16-36-20-23(37)34-15-35-24(20)38(25(41)17-8-3-1-4-9-17)26(42)18-10-5-2-6-11-18/h1-6,8-11,15-16,19,21-22,27,39-40H,7,12-14H2,(H,33,43)/t19-,21?,22?,27-/m1/s1. The monoisotopic (exact) mass is 628 g/mol. The Balaban J connectivity index is 1.40. The van der Waals surface area contributed by atoms with Gasteiger partial charge >= 0.3 is 12.1 Å². The molecule has 0 spiro atoms. The molecule has 16 heteroatoms. The third kappa shape index (κ3) is 6.68. The Labute approximate surface area is 253 Å². The van der Waals surface area contributed by atoms with Crippen LogP contribution in [0.3, 0.4) is 0 Å². The van der Waals surface area contributed by atoms with E-state index < -0.39 is 55.0 Å². The van der Waals surface area contributed by atoms with Gasteiger partial charge in [0, 0.05) is 24.3 Å². The average molecular weight is 629 g/mol. The number of imide groups is 1. The highest BCUT2D eigenvalue weighted by molar-refractivity contribution is 6.27. The highest BCUT2D eigenvalue weighted by Crippen LogP contribution is 2.35. The Bertz CT molecular complexity index is 1600. The Hall–Kier alpha value is -4.77. The molecule has 236 valence electrons. The number of aliphatic hydroxyl groups excluding tert-OH is 2. The van der Waals surface area contributed by atoms with Crippen molar-refractivity contribution in [3.63, 3.8) is 0 Å². The molecule has 13 nitrogen and oxygen atoms in total. The molecular weight excluding hydrogens is 601 g/mol. The number of anilines is 1. The third-order valence-corrected chi connectivity index (χ3v) is 6.94. The van der Waals surface area contributed by atoms with Gasteiger partial charge in [-0.05, 0) is 30.7 Å². The number of hydrogen-bond acceptors (Lipinski definition) is 10. The van der Waals surface area contributed by atoms with E-state index in [2.05, 4.69) is 15.0 Å². The molecule has 0 bridgehead atoms. The van der Waals surface area contributed by atoms with Gasteiger partial charge in [0.2, 0.25) is 0 Å².